The third-order valence-corrected chi connectivity index (χ3v) is 10.8. The van der Waals surface area contributed by atoms with Gasteiger partial charge in [0, 0.05) is 0 Å². The summed E-state index contributed by atoms with van der Waals surface area (Å²) in [5.74, 6) is 5.70. The molecule has 0 saturated heterocycles. The van der Waals surface area contributed by atoms with E-state index in [4.69, 9.17) is 0 Å². The molecule has 0 aromatic heterocycles. The van der Waals surface area contributed by atoms with E-state index in [-0.39, 0.29) is 6.10 Å². The fraction of sp³-hybridized carbons (Fsp3) is 0.862. The Morgan fingerprint density at radius 2 is 1.80 bits per heavy atom. The van der Waals surface area contributed by atoms with Crippen molar-refractivity contribution in [3.8, 4) is 0 Å². The Bertz CT molecular complexity index is 674. The van der Waals surface area contributed by atoms with Crippen LogP contribution < -0.4 is 0 Å². The highest BCUT2D eigenvalue weighted by Crippen LogP contribution is 2.67. The lowest BCUT2D eigenvalue weighted by atomic mass is 9.47. The Balaban J connectivity index is 1.52. The zero-order chi connectivity index (χ0) is 21.7. The minimum absolute atomic E-state index is 0.0870. The average molecular weight is 413 g/mol. The predicted octanol–water partition coefficient (Wildman–Crippen LogP) is 7.80. The molecule has 0 aromatic carbocycles. The van der Waals surface area contributed by atoms with Crippen molar-refractivity contribution in [2.24, 2.45) is 52.3 Å². The SMILES string of the molecule is CC[C@H](/C=C/[C@@H](C)[C@@H]1CC[C@H]2[C@@H]3CC=C4C[C@H](O)CC[C@]4(C)[C@H]3CC[C@@]21C)C(C)C. The van der Waals surface area contributed by atoms with E-state index < -0.39 is 0 Å². The quantitative estimate of drug-likeness (QED) is 0.457. The predicted molar refractivity (Wildman–Crippen MR) is 128 cm³/mol. The van der Waals surface area contributed by atoms with Gasteiger partial charge in [-0.05, 0) is 110 Å². The van der Waals surface area contributed by atoms with Gasteiger partial charge in [-0.3, -0.25) is 0 Å². The fourth-order valence-electron chi connectivity index (χ4n) is 8.83. The molecule has 4 aliphatic carbocycles. The number of rotatable bonds is 5. The molecular weight excluding hydrogens is 364 g/mol. The number of aliphatic hydroxyl groups is 1. The number of aliphatic hydroxyl groups excluding tert-OH is 1. The molecule has 1 nitrogen and oxygen atoms in total. The highest BCUT2D eigenvalue weighted by atomic mass is 16.3. The smallest absolute Gasteiger partial charge is 0.0577 e. The van der Waals surface area contributed by atoms with Crippen LogP contribution in [0.4, 0.5) is 0 Å². The van der Waals surface area contributed by atoms with Gasteiger partial charge in [0.1, 0.15) is 0 Å². The summed E-state index contributed by atoms with van der Waals surface area (Å²) < 4.78 is 0. The van der Waals surface area contributed by atoms with Crippen LogP contribution in [-0.2, 0) is 0 Å². The van der Waals surface area contributed by atoms with Gasteiger partial charge in [0.05, 0.1) is 6.10 Å². The fourth-order valence-corrected chi connectivity index (χ4v) is 8.83. The largest absolute Gasteiger partial charge is 0.393 e. The molecular formula is C29H48O. The molecule has 3 saturated carbocycles. The van der Waals surface area contributed by atoms with E-state index in [1.54, 1.807) is 5.57 Å². The van der Waals surface area contributed by atoms with E-state index >= 15 is 0 Å². The molecule has 30 heavy (non-hydrogen) atoms. The minimum atomic E-state index is -0.0870. The van der Waals surface area contributed by atoms with Crippen LogP contribution in [0.15, 0.2) is 23.8 Å². The molecule has 0 radical (unpaired) electrons. The lowest BCUT2D eigenvalue weighted by Crippen LogP contribution is -2.50. The molecule has 3 fully saturated rings. The molecule has 4 rings (SSSR count). The molecule has 9 atom stereocenters. The second kappa shape index (κ2) is 8.42. The summed E-state index contributed by atoms with van der Waals surface area (Å²) in [4.78, 5) is 0. The molecule has 0 unspecified atom stereocenters. The van der Waals surface area contributed by atoms with Crippen LogP contribution >= 0.6 is 0 Å². The van der Waals surface area contributed by atoms with Crippen molar-refractivity contribution in [1.82, 2.24) is 0 Å². The van der Waals surface area contributed by atoms with Gasteiger partial charge in [-0.15, -0.1) is 0 Å². The summed E-state index contributed by atoms with van der Waals surface area (Å²) in [7, 11) is 0. The number of hydrogen-bond donors (Lipinski definition) is 1. The van der Waals surface area contributed by atoms with Crippen molar-refractivity contribution < 1.29 is 5.11 Å². The first kappa shape index (κ1) is 22.6. The Morgan fingerprint density at radius 1 is 1.03 bits per heavy atom. The zero-order valence-corrected chi connectivity index (χ0v) is 20.7. The molecule has 0 bridgehead atoms. The van der Waals surface area contributed by atoms with Gasteiger partial charge < -0.3 is 5.11 Å². The lowest BCUT2D eigenvalue weighted by Gasteiger charge is -2.58. The van der Waals surface area contributed by atoms with E-state index in [1.807, 2.05) is 0 Å². The second-order valence-electron chi connectivity index (χ2n) is 12.4. The van der Waals surface area contributed by atoms with Gasteiger partial charge in [-0.25, -0.2) is 0 Å². The maximum atomic E-state index is 10.2. The third kappa shape index (κ3) is 3.66. The lowest BCUT2D eigenvalue weighted by molar-refractivity contribution is -0.0540. The van der Waals surface area contributed by atoms with Crippen molar-refractivity contribution in [2.75, 3.05) is 0 Å². The number of allylic oxidation sites excluding steroid dienone is 3. The van der Waals surface area contributed by atoms with Crippen molar-refractivity contribution in [2.45, 2.75) is 105 Å². The van der Waals surface area contributed by atoms with Gasteiger partial charge in [-0.2, -0.15) is 0 Å². The summed E-state index contributed by atoms with van der Waals surface area (Å²) in [5.41, 5.74) is 2.51. The minimum Gasteiger partial charge on any atom is -0.393 e. The molecule has 0 aliphatic heterocycles. The number of fused-ring (bicyclic) bond motifs is 5. The van der Waals surface area contributed by atoms with Crippen LogP contribution in [0, 0.1) is 52.3 Å². The van der Waals surface area contributed by atoms with Crippen LogP contribution in [-0.4, -0.2) is 11.2 Å². The molecule has 0 heterocycles. The summed E-state index contributed by atoms with van der Waals surface area (Å²) in [5, 5.41) is 10.2. The molecule has 1 N–H and O–H groups in total. The molecule has 1 heteroatoms. The first-order chi connectivity index (χ1) is 14.2. The van der Waals surface area contributed by atoms with Crippen LogP contribution in [0.2, 0.25) is 0 Å². The number of hydrogen-bond acceptors (Lipinski definition) is 1. The molecule has 0 spiro atoms. The van der Waals surface area contributed by atoms with Crippen LogP contribution in [0.1, 0.15) is 99.3 Å². The van der Waals surface area contributed by atoms with E-state index in [0.717, 1.165) is 48.3 Å². The van der Waals surface area contributed by atoms with Gasteiger partial charge in [0.2, 0.25) is 0 Å². The van der Waals surface area contributed by atoms with Gasteiger partial charge in [0.15, 0.2) is 0 Å². The summed E-state index contributed by atoms with van der Waals surface area (Å²) >= 11 is 0. The zero-order valence-electron chi connectivity index (χ0n) is 20.7. The Hall–Kier alpha value is -0.560. The average Bonchev–Trinajstić information content (AvgIpc) is 3.06. The maximum Gasteiger partial charge on any atom is 0.0577 e. The standard InChI is InChI=1S/C29H48O/c1-7-21(19(2)3)9-8-20(4)25-12-13-26-24-11-10-22-18-23(30)14-16-28(22,5)27(24)15-17-29(25,26)6/h8-10,19-21,23-27,30H,7,11-18H2,1-6H3/b9-8+/t20-,21-,23-,24+,25+,26+,27+,28+,29-/m1/s1. The normalized spacial score (nSPS) is 45.6. The van der Waals surface area contributed by atoms with E-state index in [1.165, 1.54) is 44.9 Å². The topological polar surface area (TPSA) is 20.2 Å². The molecule has 4 aliphatic rings. The second-order valence-corrected chi connectivity index (χ2v) is 12.4. The molecule has 0 amide bonds. The van der Waals surface area contributed by atoms with Crippen LogP contribution in [0.3, 0.4) is 0 Å². The van der Waals surface area contributed by atoms with Crippen molar-refractivity contribution in [3.05, 3.63) is 23.8 Å². The van der Waals surface area contributed by atoms with Crippen LogP contribution in [0.25, 0.3) is 0 Å². The summed E-state index contributed by atoms with van der Waals surface area (Å²) in [6, 6.07) is 0. The Morgan fingerprint density at radius 3 is 2.50 bits per heavy atom. The van der Waals surface area contributed by atoms with Crippen molar-refractivity contribution >= 4 is 0 Å². The van der Waals surface area contributed by atoms with Crippen LogP contribution in [0.5, 0.6) is 0 Å². The van der Waals surface area contributed by atoms with E-state index in [0.29, 0.717) is 16.7 Å². The van der Waals surface area contributed by atoms with Gasteiger partial charge in [0.25, 0.3) is 0 Å². The highest BCUT2D eigenvalue weighted by Gasteiger charge is 2.58. The monoisotopic (exact) mass is 412 g/mol. The first-order valence-electron chi connectivity index (χ1n) is 13.3. The molecule has 0 aromatic rings. The Kier molecular flexibility index (Phi) is 6.35. The maximum absolute atomic E-state index is 10.2. The first-order valence-corrected chi connectivity index (χ1v) is 13.3. The van der Waals surface area contributed by atoms with Gasteiger partial charge in [-0.1, -0.05) is 65.3 Å². The summed E-state index contributed by atoms with van der Waals surface area (Å²) in [6.07, 6.45) is 19.1. The van der Waals surface area contributed by atoms with E-state index in [9.17, 15) is 5.11 Å². The third-order valence-electron chi connectivity index (χ3n) is 10.8. The van der Waals surface area contributed by atoms with Crippen molar-refractivity contribution in [1.29, 1.82) is 0 Å². The van der Waals surface area contributed by atoms with E-state index in [2.05, 4.69) is 59.8 Å². The van der Waals surface area contributed by atoms with Gasteiger partial charge >= 0.3 is 0 Å². The highest BCUT2D eigenvalue weighted by molar-refractivity contribution is 5.25. The Labute approximate surface area is 186 Å². The summed E-state index contributed by atoms with van der Waals surface area (Å²) in [6.45, 7) is 14.8. The molecule has 170 valence electrons. The van der Waals surface area contributed by atoms with Crippen molar-refractivity contribution in [3.63, 3.8) is 0 Å².